The molecule has 0 radical (unpaired) electrons. The summed E-state index contributed by atoms with van der Waals surface area (Å²) in [6.07, 6.45) is 5.00. The van der Waals surface area contributed by atoms with Gasteiger partial charge in [0.15, 0.2) is 0 Å². The molecule has 1 aromatic heterocycles. The summed E-state index contributed by atoms with van der Waals surface area (Å²) in [4.78, 5) is 14.5. The lowest BCUT2D eigenvalue weighted by molar-refractivity contribution is 0.0737. The molecular weight excluding hydrogens is 302 g/mol. The summed E-state index contributed by atoms with van der Waals surface area (Å²) >= 11 is 0. The van der Waals surface area contributed by atoms with E-state index in [0.29, 0.717) is 5.92 Å². The fourth-order valence-electron chi connectivity index (χ4n) is 3.27. The van der Waals surface area contributed by atoms with Crippen molar-refractivity contribution in [3.8, 4) is 0 Å². The highest BCUT2D eigenvalue weighted by atomic mass is 16.5. The molecule has 3 rings (SSSR count). The lowest BCUT2D eigenvalue weighted by Crippen LogP contribution is -2.30. The molecule has 2 heterocycles. The van der Waals surface area contributed by atoms with E-state index in [1.165, 1.54) is 24.7 Å². The van der Waals surface area contributed by atoms with Crippen molar-refractivity contribution in [3.05, 3.63) is 53.4 Å². The highest BCUT2D eigenvalue weighted by molar-refractivity contribution is 5.94. The molecular formula is C19H25N3O2. The predicted molar refractivity (Wildman–Crippen MR) is 92.8 cm³/mol. The predicted octanol–water partition coefficient (Wildman–Crippen LogP) is 3.05. The zero-order chi connectivity index (χ0) is 16.9. The minimum absolute atomic E-state index is 0.0117. The molecule has 1 atom stereocenters. The molecule has 2 aromatic rings. The average Bonchev–Trinajstić information content (AvgIpc) is 3.15. The first-order chi connectivity index (χ1) is 11.6. The summed E-state index contributed by atoms with van der Waals surface area (Å²) < 4.78 is 4.88. The third-order valence-electron chi connectivity index (χ3n) is 4.94. The van der Waals surface area contributed by atoms with E-state index in [9.17, 15) is 4.79 Å². The van der Waals surface area contributed by atoms with E-state index in [4.69, 9.17) is 4.52 Å². The van der Waals surface area contributed by atoms with Crippen LogP contribution in [0.25, 0.3) is 0 Å². The number of carbonyl (C=O) groups excluding carboxylic acids is 1. The maximum absolute atomic E-state index is 12.8. The van der Waals surface area contributed by atoms with Crippen LogP contribution in [0, 0.1) is 5.92 Å². The zero-order valence-electron chi connectivity index (χ0n) is 14.4. The molecule has 0 unspecified atom stereocenters. The number of benzene rings is 1. The molecule has 128 valence electrons. The van der Waals surface area contributed by atoms with Gasteiger partial charge in [0.2, 0.25) is 0 Å². The highest BCUT2D eigenvalue weighted by Gasteiger charge is 2.21. The van der Waals surface area contributed by atoms with Crippen molar-refractivity contribution in [2.24, 2.45) is 5.92 Å². The average molecular weight is 327 g/mol. The maximum atomic E-state index is 12.8. The van der Waals surface area contributed by atoms with E-state index in [1.807, 2.05) is 25.1 Å². The Morgan fingerprint density at radius 1 is 1.38 bits per heavy atom. The van der Waals surface area contributed by atoms with E-state index in [-0.39, 0.29) is 11.9 Å². The van der Waals surface area contributed by atoms with Crippen LogP contribution in [-0.2, 0) is 6.42 Å². The SMILES string of the molecule is C[C@@H](c1ccon1)N(C)C(=O)c1cccc(CC2CCNCC2)c1. The normalized spacial score (nSPS) is 16.8. The molecule has 0 spiro atoms. The number of hydrogen-bond donors (Lipinski definition) is 1. The lowest BCUT2D eigenvalue weighted by Gasteiger charge is -2.24. The van der Waals surface area contributed by atoms with E-state index in [1.54, 1.807) is 18.0 Å². The van der Waals surface area contributed by atoms with E-state index < -0.39 is 0 Å². The number of nitrogens with zero attached hydrogens (tertiary/aromatic N) is 2. The molecule has 1 N–H and O–H groups in total. The Balaban J connectivity index is 1.69. The molecule has 5 nitrogen and oxygen atoms in total. The van der Waals surface area contributed by atoms with Gasteiger partial charge in [0.1, 0.15) is 12.0 Å². The van der Waals surface area contributed by atoms with Crippen LogP contribution in [0.4, 0.5) is 0 Å². The van der Waals surface area contributed by atoms with Gasteiger partial charge in [-0.3, -0.25) is 4.79 Å². The summed E-state index contributed by atoms with van der Waals surface area (Å²) in [5.41, 5.74) is 2.74. The zero-order valence-corrected chi connectivity index (χ0v) is 14.4. The Hall–Kier alpha value is -2.14. The maximum Gasteiger partial charge on any atom is 0.254 e. The van der Waals surface area contributed by atoms with Crippen molar-refractivity contribution in [2.45, 2.75) is 32.2 Å². The van der Waals surface area contributed by atoms with Crippen LogP contribution in [0.15, 0.2) is 41.1 Å². The van der Waals surface area contributed by atoms with Crippen LogP contribution in [0.2, 0.25) is 0 Å². The molecule has 0 aliphatic carbocycles. The Bertz CT molecular complexity index is 663. The highest BCUT2D eigenvalue weighted by Crippen LogP contribution is 2.22. The number of amides is 1. The third kappa shape index (κ3) is 3.85. The number of hydrogen-bond acceptors (Lipinski definition) is 4. The first-order valence-corrected chi connectivity index (χ1v) is 8.62. The second-order valence-electron chi connectivity index (χ2n) is 6.61. The van der Waals surface area contributed by atoms with Crippen molar-refractivity contribution in [3.63, 3.8) is 0 Å². The monoisotopic (exact) mass is 327 g/mol. The van der Waals surface area contributed by atoms with Crippen molar-refractivity contribution in [2.75, 3.05) is 20.1 Å². The van der Waals surface area contributed by atoms with E-state index in [0.717, 1.165) is 30.8 Å². The number of aromatic nitrogens is 1. The van der Waals surface area contributed by atoms with Crippen molar-refractivity contribution < 1.29 is 9.32 Å². The van der Waals surface area contributed by atoms with Crippen LogP contribution in [-0.4, -0.2) is 36.1 Å². The second kappa shape index (κ2) is 7.62. The number of nitrogens with one attached hydrogen (secondary N) is 1. The van der Waals surface area contributed by atoms with Gasteiger partial charge in [0.05, 0.1) is 6.04 Å². The summed E-state index contributed by atoms with van der Waals surface area (Å²) in [6, 6.07) is 9.71. The Morgan fingerprint density at radius 2 is 2.17 bits per heavy atom. The van der Waals surface area contributed by atoms with Crippen LogP contribution >= 0.6 is 0 Å². The van der Waals surface area contributed by atoms with Crippen molar-refractivity contribution in [1.82, 2.24) is 15.4 Å². The summed E-state index contributed by atoms with van der Waals surface area (Å²) in [6.45, 7) is 4.15. The molecule has 1 amide bonds. The van der Waals surface area contributed by atoms with Crippen LogP contribution in [0.1, 0.15) is 47.4 Å². The molecule has 1 aliphatic heterocycles. The van der Waals surface area contributed by atoms with Gasteiger partial charge in [-0.1, -0.05) is 17.3 Å². The molecule has 24 heavy (non-hydrogen) atoms. The molecule has 1 aromatic carbocycles. The molecule has 0 saturated carbocycles. The third-order valence-corrected chi connectivity index (χ3v) is 4.94. The summed E-state index contributed by atoms with van der Waals surface area (Å²) in [7, 11) is 1.81. The quantitative estimate of drug-likeness (QED) is 0.917. The number of piperidine rings is 1. The molecule has 5 heteroatoms. The van der Waals surface area contributed by atoms with Gasteiger partial charge in [-0.25, -0.2) is 0 Å². The van der Waals surface area contributed by atoms with Gasteiger partial charge in [0, 0.05) is 18.7 Å². The minimum Gasteiger partial charge on any atom is -0.364 e. The van der Waals surface area contributed by atoms with Gasteiger partial charge in [-0.15, -0.1) is 0 Å². The van der Waals surface area contributed by atoms with Gasteiger partial charge < -0.3 is 14.7 Å². The number of rotatable bonds is 5. The van der Waals surface area contributed by atoms with Gasteiger partial charge in [-0.2, -0.15) is 0 Å². The van der Waals surface area contributed by atoms with E-state index >= 15 is 0 Å². The topological polar surface area (TPSA) is 58.4 Å². The summed E-state index contributed by atoms with van der Waals surface area (Å²) in [5.74, 6) is 0.723. The molecule has 1 fully saturated rings. The van der Waals surface area contributed by atoms with Gasteiger partial charge in [0.25, 0.3) is 5.91 Å². The first kappa shape index (κ1) is 16.7. The Morgan fingerprint density at radius 3 is 2.88 bits per heavy atom. The first-order valence-electron chi connectivity index (χ1n) is 8.62. The molecule has 0 bridgehead atoms. The van der Waals surface area contributed by atoms with Gasteiger partial charge >= 0.3 is 0 Å². The fraction of sp³-hybridized carbons (Fsp3) is 0.474. The summed E-state index contributed by atoms with van der Waals surface area (Å²) in [5, 5.41) is 7.33. The van der Waals surface area contributed by atoms with Crippen molar-refractivity contribution in [1.29, 1.82) is 0 Å². The van der Waals surface area contributed by atoms with Crippen LogP contribution < -0.4 is 5.32 Å². The van der Waals surface area contributed by atoms with E-state index in [2.05, 4.69) is 16.5 Å². The standard InChI is InChI=1S/C19H25N3O2/c1-14(18-8-11-24-21-18)22(2)19(23)17-5-3-4-16(13-17)12-15-6-9-20-10-7-15/h3-5,8,11,13-15,20H,6-7,9-10,12H2,1-2H3/t14-/m0/s1. The Labute approximate surface area is 143 Å². The smallest absolute Gasteiger partial charge is 0.254 e. The van der Waals surface area contributed by atoms with Crippen LogP contribution in [0.3, 0.4) is 0 Å². The fourth-order valence-corrected chi connectivity index (χ4v) is 3.27. The minimum atomic E-state index is -0.121. The number of carbonyl (C=O) groups is 1. The second-order valence-corrected chi connectivity index (χ2v) is 6.61. The largest absolute Gasteiger partial charge is 0.364 e. The lowest BCUT2D eigenvalue weighted by atomic mass is 9.90. The van der Waals surface area contributed by atoms with Crippen LogP contribution in [0.5, 0.6) is 0 Å². The Kier molecular flexibility index (Phi) is 5.30. The molecule has 1 saturated heterocycles. The molecule has 1 aliphatic rings. The van der Waals surface area contributed by atoms with Crippen molar-refractivity contribution >= 4 is 5.91 Å². The van der Waals surface area contributed by atoms with Gasteiger partial charge in [-0.05, 0) is 62.9 Å².